The second kappa shape index (κ2) is 13.8. The van der Waals surface area contributed by atoms with Gasteiger partial charge in [0, 0.05) is 0 Å². The van der Waals surface area contributed by atoms with Crippen LogP contribution in [0.25, 0.3) is 6.08 Å². The molecule has 0 amide bonds. The fourth-order valence-corrected chi connectivity index (χ4v) is 14.5. The van der Waals surface area contributed by atoms with Crippen LogP contribution in [0.4, 0.5) is 0 Å². The van der Waals surface area contributed by atoms with E-state index in [-0.39, 0.29) is 4.90 Å². The van der Waals surface area contributed by atoms with Gasteiger partial charge in [0.25, 0.3) is 0 Å². The molecule has 0 heterocycles. The molecule has 3 nitrogen and oxygen atoms in total. The average molecular weight is 471 g/mol. The molecule has 0 saturated carbocycles. The van der Waals surface area contributed by atoms with E-state index in [1.54, 1.807) is 18.2 Å². The van der Waals surface area contributed by atoms with Crippen molar-refractivity contribution in [2.45, 2.75) is 96.8 Å². The molecule has 0 bridgehead atoms. The van der Waals surface area contributed by atoms with Crippen LogP contribution in [-0.2, 0) is 14.1 Å². The van der Waals surface area contributed by atoms with Gasteiger partial charge in [0.05, 0.1) is 0 Å². The molecule has 31 heavy (non-hydrogen) atoms. The maximum absolute atomic E-state index is 13.6. The fraction of sp³-hybridized carbons (Fsp3) is 0.692. The average Bonchev–Trinajstić information content (AvgIpc) is 2.78. The van der Waals surface area contributed by atoms with Crippen LogP contribution in [0.15, 0.2) is 35.7 Å². The second-order valence-corrected chi connectivity index (χ2v) is 16.7. The van der Waals surface area contributed by atoms with Crippen LogP contribution < -0.4 is 0 Å². The van der Waals surface area contributed by atoms with Crippen molar-refractivity contribution < 1.29 is 12.4 Å². The van der Waals surface area contributed by atoms with Crippen LogP contribution >= 0.6 is 6.83 Å². The molecule has 0 radical (unpaired) electrons. The summed E-state index contributed by atoms with van der Waals surface area (Å²) in [5.74, 6) is 0. The summed E-state index contributed by atoms with van der Waals surface area (Å²) >= 11 is 0. The van der Waals surface area contributed by atoms with E-state index in [4.69, 9.17) is 3.97 Å². The van der Waals surface area contributed by atoms with Crippen LogP contribution in [0, 0.1) is 0 Å². The van der Waals surface area contributed by atoms with Gasteiger partial charge in [0.2, 0.25) is 0 Å². The molecule has 180 valence electrons. The molecule has 1 rings (SSSR count). The van der Waals surface area contributed by atoms with Gasteiger partial charge < -0.3 is 0 Å². The van der Waals surface area contributed by atoms with E-state index in [1.807, 2.05) is 12.1 Å². The van der Waals surface area contributed by atoms with E-state index in [0.717, 1.165) is 81.6 Å². The zero-order valence-corrected chi connectivity index (χ0v) is 22.3. The maximum atomic E-state index is 13.6. The van der Waals surface area contributed by atoms with Crippen molar-refractivity contribution in [2.24, 2.45) is 0 Å². The van der Waals surface area contributed by atoms with Crippen LogP contribution in [0.3, 0.4) is 0 Å². The third-order valence-corrected chi connectivity index (χ3v) is 15.6. The topological polar surface area (TPSA) is 43.4 Å². The minimum absolute atomic E-state index is 0.283. The van der Waals surface area contributed by atoms with Gasteiger partial charge in [-0.1, -0.05) is 0 Å². The standard InChI is InChI=1S/C26H47O3PS/c1-6-11-15-16-24-30(21-12-7-2,22-13-8-3,23-14-9-4)29-31(27,28)26-19-17-25(10-5)18-20-26/h10,17-20H,5-9,11-16,21-24H2,1-4H3. The molecule has 1 aromatic rings. The summed E-state index contributed by atoms with van der Waals surface area (Å²) in [6.45, 7) is 9.68. The normalized spacial score (nSPS) is 13.6. The summed E-state index contributed by atoms with van der Waals surface area (Å²) in [5, 5.41) is 0. The van der Waals surface area contributed by atoms with Crippen molar-refractivity contribution in [1.29, 1.82) is 0 Å². The molecule has 0 fully saturated rings. The number of hydrogen-bond donors (Lipinski definition) is 0. The monoisotopic (exact) mass is 470 g/mol. The molecule has 1 aromatic carbocycles. The van der Waals surface area contributed by atoms with E-state index in [1.165, 1.54) is 12.8 Å². The number of hydrogen-bond acceptors (Lipinski definition) is 3. The Kier molecular flexibility index (Phi) is 12.6. The Hall–Kier alpha value is -0.700. The number of benzene rings is 1. The molecule has 0 aliphatic heterocycles. The third kappa shape index (κ3) is 8.63. The number of rotatable bonds is 18. The zero-order valence-electron chi connectivity index (χ0n) is 20.6. The van der Waals surface area contributed by atoms with Gasteiger partial charge in [-0.25, -0.2) is 0 Å². The quantitative estimate of drug-likeness (QED) is 0.160. The first-order valence-electron chi connectivity index (χ1n) is 12.5. The Balaban J connectivity index is 3.45. The molecule has 0 aromatic heterocycles. The van der Waals surface area contributed by atoms with E-state index in [0.29, 0.717) is 0 Å². The van der Waals surface area contributed by atoms with Crippen molar-refractivity contribution in [3.63, 3.8) is 0 Å². The first kappa shape index (κ1) is 28.3. The van der Waals surface area contributed by atoms with Gasteiger partial charge in [-0.2, -0.15) is 0 Å². The summed E-state index contributed by atoms with van der Waals surface area (Å²) in [5.41, 5.74) is 0.916. The Labute approximate surface area is 193 Å². The fourth-order valence-electron chi connectivity index (χ4n) is 4.52. The Morgan fingerprint density at radius 1 is 0.742 bits per heavy atom. The van der Waals surface area contributed by atoms with Crippen LogP contribution in [0.5, 0.6) is 0 Å². The second-order valence-electron chi connectivity index (χ2n) is 9.18. The molecule has 5 heteroatoms. The van der Waals surface area contributed by atoms with Crippen LogP contribution in [0.1, 0.15) is 97.5 Å². The predicted octanol–water partition coefficient (Wildman–Crippen LogP) is 8.48. The van der Waals surface area contributed by atoms with E-state index in [2.05, 4.69) is 34.3 Å². The van der Waals surface area contributed by atoms with Crippen molar-refractivity contribution >= 4 is 23.0 Å². The zero-order chi connectivity index (χ0) is 23.2. The van der Waals surface area contributed by atoms with Crippen molar-refractivity contribution in [1.82, 2.24) is 0 Å². The summed E-state index contributed by atoms with van der Waals surface area (Å²) in [6.07, 6.45) is 16.5. The van der Waals surface area contributed by atoms with Crippen molar-refractivity contribution in [3.05, 3.63) is 36.4 Å². The van der Waals surface area contributed by atoms with Gasteiger partial charge in [-0.15, -0.1) is 0 Å². The van der Waals surface area contributed by atoms with Gasteiger partial charge in [-0.3, -0.25) is 0 Å². The molecule has 0 saturated heterocycles. The molecule has 0 atom stereocenters. The summed E-state index contributed by atoms with van der Waals surface area (Å²) < 4.78 is 33.9. The van der Waals surface area contributed by atoms with Gasteiger partial charge in [-0.05, 0) is 0 Å². The molecule has 0 N–H and O–H groups in total. The summed E-state index contributed by atoms with van der Waals surface area (Å²) in [6, 6.07) is 6.97. The molecular formula is C26H47O3PS. The van der Waals surface area contributed by atoms with E-state index in [9.17, 15) is 8.42 Å². The van der Waals surface area contributed by atoms with Crippen molar-refractivity contribution in [2.75, 3.05) is 24.6 Å². The van der Waals surface area contributed by atoms with Crippen LogP contribution in [0.2, 0.25) is 0 Å². The minimum atomic E-state index is -3.81. The number of unbranched alkanes of at least 4 members (excludes halogenated alkanes) is 6. The predicted molar refractivity (Wildman–Crippen MR) is 140 cm³/mol. The Bertz CT molecular complexity index is 716. The van der Waals surface area contributed by atoms with Crippen LogP contribution in [-0.4, -0.2) is 33.1 Å². The molecule has 0 aliphatic rings. The first-order valence-corrected chi connectivity index (χ1v) is 16.8. The van der Waals surface area contributed by atoms with Gasteiger partial charge >= 0.3 is 193 Å². The van der Waals surface area contributed by atoms with E-state index < -0.39 is 16.9 Å². The summed E-state index contributed by atoms with van der Waals surface area (Å²) in [4.78, 5) is 0.283. The van der Waals surface area contributed by atoms with Gasteiger partial charge in [0.1, 0.15) is 0 Å². The molecule has 0 spiro atoms. The Morgan fingerprint density at radius 3 is 1.61 bits per heavy atom. The third-order valence-electron chi connectivity index (χ3n) is 6.52. The SMILES string of the molecule is C=Cc1ccc(S(=O)(=O)OP(CCCC)(CCCC)(CCCC)CCCCCC)cc1. The van der Waals surface area contributed by atoms with Crippen molar-refractivity contribution in [3.8, 4) is 0 Å². The molecular weight excluding hydrogens is 423 g/mol. The van der Waals surface area contributed by atoms with E-state index >= 15 is 0 Å². The Morgan fingerprint density at radius 2 is 1.19 bits per heavy atom. The molecule has 0 aliphatic carbocycles. The first-order chi connectivity index (χ1) is 14.8. The van der Waals surface area contributed by atoms with Gasteiger partial charge in [0.15, 0.2) is 0 Å². The molecule has 0 unspecified atom stereocenters. The summed E-state index contributed by atoms with van der Waals surface area (Å²) in [7, 11) is -3.81.